The van der Waals surface area contributed by atoms with Crippen LogP contribution in [0.2, 0.25) is 5.02 Å². The monoisotopic (exact) mass is 478 g/mol. The van der Waals surface area contributed by atoms with Gasteiger partial charge in [-0.15, -0.1) is 0 Å². The maximum absolute atomic E-state index is 12.9. The molecule has 13 heteroatoms. The number of hydrogen-bond acceptors (Lipinski definition) is 8. The minimum Gasteiger partial charge on any atom is -0.478 e. The number of carbonyl (C=O) groups excluding carboxylic acids is 1. The Kier molecular flexibility index (Phi) is 8.03. The van der Waals surface area contributed by atoms with E-state index < -0.39 is 64.7 Å². The van der Waals surface area contributed by atoms with E-state index in [0.717, 1.165) is 13.0 Å². The van der Waals surface area contributed by atoms with Crippen LogP contribution in [0.25, 0.3) is 0 Å². The smallest absolute Gasteiger partial charge is 0.370 e. The van der Waals surface area contributed by atoms with Gasteiger partial charge >= 0.3 is 5.97 Å². The van der Waals surface area contributed by atoms with Crippen molar-refractivity contribution in [1.29, 1.82) is 0 Å². The Morgan fingerprint density at radius 3 is 2.45 bits per heavy atom. The Morgan fingerprint density at radius 2 is 1.94 bits per heavy atom. The van der Waals surface area contributed by atoms with Crippen molar-refractivity contribution in [1.82, 2.24) is 10.0 Å². The third-order valence-corrected chi connectivity index (χ3v) is 6.44. The molecule has 5 atom stereocenters. The topological polar surface area (TPSA) is 182 Å². The third-order valence-electron chi connectivity index (χ3n) is 4.58. The van der Waals surface area contributed by atoms with Crippen LogP contribution in [0, 0.1) is 6.92 Å². The summed E-state index contributed by atoms with van der Waals surface area (Å²) in [7, 11) is -4.26. The second-order valence-electron chi connectivity index (χ2n) is 6.94. The highest BCUT2D eigenvalue weighted by molar-refractivity contribution is 7.89. The lowest BCUT2D eigenvalue weighted by molar-refractivity contribution is -0.146. The van der Waals surface area contributed by atoms with Crippen LogP contribution in [0.15, 0.2) is 34.9 Å². The highest BCUT2D eigenvalue weighted by Crippen LogP contribution is 2.25. The molecule has 0 aliphatic carbocycles. The number of nitrogens with one attached hydrogen (secondary N) is 2. The Bertz CT molecular complexity index is 982. The fourth-order valence-electron chi connectivity index (χ4n) is 2.96. The SMILES string of the molecule is CC(=O)N[C@H]1[C@H]([C@H](O)[C@H](O)CO)OC(C(=O)O)=C[C@@H]1NS(=O)(=O)c1ccc(C)c(Cl)c1. The molecule has 0 radical (unpaired) electrons. The summed E-state index contributed by atoms with van der Waals surface area (Å²) in [4.78, 5) is 23.0. The molecule has 1 aliphatic rings. The van der Waals surface area contributed by atoms with Gasteiger partial charge in [-0.25, -0.2) is 17.9 Å². The molecule has 0 spiro atoms. The molecule has 1 aromatic rings. The standard InChI is InChI=1S/C18H23ClN2O9S/c1-8-3-4-10(5-11(8)19)31(28,29)21-12-6-14(18(26)27)30-17(15(12)20-9(2)23)16(25)13(24)7-22/h3-6,12-13,15-17,21-22,24-25H,7H2,1-2H3,(H,20,23)(H,26,27)/t12-,13+,15+,16+,17+/m0/s1. The zero-order valence-corrected chi connectivity index (χ0v) is 18.1. The highest BCUT2D eigenvalue weighted by atomic mass is 35.5. The number of rotatable bonds is 8. The molecule has 0 bridgehead atoms. The van der Waals surface area contributed by atoms with Gasteiger partial charge in [0.1, 0.15) is 18.3 Å². The number of sulfonamides is 1. The Labute approximate surface area is 183 Å². The third kappa shape index (κ3) is 5.93. The van der Waals surface area contributed by atoms with Gasteiger partial charge in [-0.3, -0.25) is 4.79 Å². The van der Waals surface area contributed by atoms with Crippen molar-refractivity contribution in [3.63, 3.8) is 0 Å². The minimum absolute atomic E-state index is 0.189. The van der Waals surface area contributed by atoms with Crippen LogP contribution in [0.3, 0.4) is 0 Å². The molecule has 0 saturated heterocycles. The van der Waals surface area contributed by atoms with Gasteiger partial charge in [0, 0.05) is 11.9 Å². The normalized spacial score (nSPS) is 23.3. The number of aryl methyl sites for hydroxylation is 1. The minimum atomic E-state index is -4.26. The summed E-state index contributed by atoms with van der Waals surface area (Å²) < 4.78 is 33.2. The molecular formula is C18H23ClN2O9S. The van der Waals surface area contributed by atoms with Crippen LogP contribution in [-0.4, -0.2) is 77.7 Å². The summed E-state index contributed by atoms with van der Waals surface area (Å²) in [6, 6.07) is 1.26. The van der Waals surface area contributed by atoms with Crippen molar-refractivity contribution in [2.45, 2.75) is 49.1 Å². The molecule has 0 aromatic heterocycles. The summed E-state index contributed by atoms with van der Waals surface area (Å²) in [5.41, 5.74) is 0.636. The van der Waals surface area contributed by atoms with E-state index in [2.05, 4.69) is 10.0 Å². The Hall–Kier alpha value is -2.22. The summed E-state index contributed by atoms with van der Waals surface area (Å²) >= 11 is 6.00. The average Bonchev–Trinajstić information content (AvgIpc) is 2.69. The lowest BCUT2D eigenvalue weighted by Crippen LogP contribution is -2.63. The van der Waals surface area contributed by atoms with Crippen LogP contribution < -0.4 is 10.0 Å². The van der Waals surface area contributed by atoms with Gasteiger partial charge < -0.3 is 30.5 Å². The van der Waals surface area contributed by atoms with Crippen LogP contribution in [0.5, 0.6) is 0 Å². The number of ether oxygens (including phenoxy) is 1. The van der Waals surface area contributed by atoms with Gasteiger partial charge in [0.15, 0.2) is 0 Å². The molecule has 172 valence electrons. The number of amides is 1. The molecule has 31 heavy (non-hydrogen) atoms. The molecule has 0 fully saturated rings. The first-order valence-corrected chi connectivity index (χ1v) is 10.9. The molecule has 2 rings (SSSR count). The second-order valence-corrected chi connectivity index (χ2v) is 9.06. The molecule has 1 aliphatic heterocycles. The molecule has 11 nitrogen and oxygen atoms in total. The first kappa shape index (κ1) is 25.0. The quantitative estimate of drug-likeness (QED) is 0.269. The molecule has 0 saturated carbocycles. The first-order valence-electron chi connectivity index (χ1n) is 9.01. The predicted octanol–water partition coefficient (Wildman–Crippen LogP) is -1.12. The van der Waals surface area contributed by atoms with Crippen molar-refractivity contribution >= 4 is 33.5 Å². The van der Waals surface area contributed by atoms with E-state index in [0.29, 0.717) is 5.56 Å². The number of aliphatic hydroxyl groups is 3. The summed E-state index contributed by atoms with van der Waals surface area (Å²) in [5.74, 6) is -2.93. The zero-order valence-electron chi connectivity index (χ0n) is 16.5. The second kappa shape index (κ2) is 9.94. The van der Waals surface area contributed by atoms with E-state index in [1.165, 1.54) is 18.2 Å². The first-order chi connectivity index (χ1) is 14.4. The number of aliphatic carboxylic acids is 1. The zero-order chi connectivity index (χ0) is 23.5. The van der Waals surface area contributed by atoms with E-state index in [9.17, 15) is 33.3 Å². The maximum atomic E-state index is 12.9. The number of benzene rings is 1. The van der Waals surface area contributed by atoms with Crippen molar-refractivity contribution < 1.29 is 43.2 Å². The van der Waals surface area contributed by atoms with Crippen LogP contribution >= 0.6 is 11.6 Å². The van der Waals surface area contributed by atoms with Crippen molar-refractivity contribution in [3.05, 3.63) is 40.6 Å². The van der Waals surface area contributed by atoms with Crippen molar-refractivity contribution in [2.24, 2.45) is 0 Å². The lowest BCUT2D eigenvalue weighted by atomic mass is 9.92. The van der Waals surface area contributed by atoms with E-state index in [1.54, 1.807) is 6.92 Å². The Balaban J connectivity index is 2.50. The summed E-state index contributed by atoms with van der Waals surface area (Å²) in [5, 5.41) is 41.2. The van der Waals surface area contributed by atoms with Gasteiger partial charge in [0.05, 0.1) is 23.6 Å². The molecule has 1 aromatic carbocycles. The summed E-state index contributed by atoms with van der Waals surface area (Å²) in [6.07, 6.45) is -4.28. The molecule has 0 unspecified atom stereocenters. The number of carbonyl (C=O) groups is 2. The average molecular weight is 479 g/mol. The fourth-order valence-corrected chi connectivity index (χ4v) is 4.44. The van der Waals surface area contributed by atoms with E-state index >= 15 is 0 Å². The van der Waals surface area contributed by atoms with Gasteiger partial charge in [-0.1, -0.05) is 17.7 Å². The largest absolute Gasteiger partial charge is 0.478 e. The van der Waals surface area contributed by atoms with Gasteiger partial charge in [-0.2, -0.15) is 0 Å². The predicted molar refractivity (Wildman–Crippen MR) is 108 cm³/mol. The van der Waals surface area contributed by atoms with Gasteiger partial charge in [-0.05, 0) is 30.7 Å². The fraction of sp³-hybridized carbons (Fsp3) is 0.444. The lowest BCUT2D eigenvalue weighted by Gasteiger charge is -2.39. The number of halogens is 1. The van der Waals surface area contributed by atoms with Crippen LogP contribution in [0.1, 0.15) is 12.5 Å². The number of hydrogen-bond donors (Lipinski definition) is 6. The number of carboxylic acid groups (broad SMARTS) is 1. The number of carboxylic acids is 1. The highest BCUT2D eigenvalue weighted by Gasteiger charge is 2.44. The number of aliphatic hydroxyl groups excluding tert-OH is 3. The molecule has 1 heterocycles. The van der Waals surface area contributed by atoms with Gasteiger partial charge in [0.2, 0.25) is 21.7 Å². The van der Waals surface area contributed by atoms with E-state index in [1.807, 2.05) is 0 Å². The maximum Gasteiger partial charge on any atom is 0.370 e. The van der Waals surface area contributed by atoms with Crippen LogP contribution in [-0.2, 0) is 24.3 Å². The van der Waals surface area contributed by atoms with Crippen LogP contribution in [0.4, 0.5) is 0 Å². The van der Waals surface area contributed by atoms with Crippen molar-refractivity contribution in [3.8, 4) is 0 Å². The summed E-state index contributed by atoms with van der Waals surface area (Å²) in [6.45, 7) is 1.91. The van der Waals surface area contributed by atoms with E-state index in [4.69, 9.17) is 21.4 Å². The van der Waals surface area contributed by atoms with Gasteiger partial charge in [0.25, 0.3) is 0 Å². The Morgan fingerprint density at radius 1 is 1.29 bits per heavy atom. The molecule has 6 N–H and O–H groups in total. The molecular weight excluding hydrogens is 456 g/mol. The molecule has 1 amide bonds. The van der Waals surface area contributed by atoms with Crippen molar-refractivity contribution in [2.75, 3.05) is 6.61 Å². The van der Waals surface area contributed by atoms with E-state index in [-0.39, 0.29) is 9.92 Å².